The third kappa shape index (κ3) is 5.48. The third-order valence-corrected chi connectivity index (χ3v) is 3.98. The summed E-state index contributed by atoms with van der Waals surface area (Å²) < 4.78 is 16.3. The van der Waals surface area contributed by atoms with E-state index in [0.717, 1.165) is 22.3 Å². The van der Waals surface area contributed by atoms with Crippen LogP contribution in [0.25, 0.3) is 0 Å². The van der Waals surface area contributed by atoms with E-state index in [9.17, 15) is 9.59 Å². The highest BCUT2D eigenvalue weighted by atomic mass is 16.7. The maximum absolute atomic E-state index is 12.9. The van der Waals surface area contributed by atoms with Crippen molar-refractivity contribution in [3.8, 4) is 5.75 Å². The van der Waals surface area contributed by atoms with Crippen LogP contribution in [-0.2, 0) is 15.9 Å². The van der Waals surface area contributed by atoms with Gasteiger partial charge in [-0.15, -0.1) is 0 Å². The molecule has 0 unspecified atom stereocenters. The van der Waals surface area contributed by atoms with Crippen LogP contribution in [0.5, 0.6) is 5.75 Å². The van der Waals surface area contributed by atoms with Crippen LogP contribution in [0.15, 0.2) is 0 Å². The predicted molar refractivity (Wildman–Crippen MR) is 102 cm³/mol. The molecule has 0 atom stereocenters. The number of rotatable bonds is 3. The van der Waals surface area contributed by atoms with E-state index in [1.54, 1.807) is 41.5 Å². The molecule has 0 spiro atoms. The van der Waals surface area contributed by atoms with Gasteiger partial charge in [-0.3, -0.25) is 0 Å². The maximum Gasteiger partial charge on any atom is 0.514 e. The smallest absolute Gasteiger partial charge is 0.456 e. The predicted octanol–water partition coefficient (Wildman–Crippen LogP) is 5.44. The zero-order valence-corrected chi connectivity index (χ0v) is 17.7. The molecule has 5 nitrogen and oxygen atoms in total. The molecule has 5 heteroatoms. The van der Waals surface area contributed by atoms with Crippen molar-refractivity contribution in [2.24, 2.45) is 0 Å². The molecule has 146 valence electrons. The van der Waals surface area contributed by atoms with Gasteiger partial charge in [0.25, 0.3) is 0 Å². The first-order chi connectivity index (χ1) is 11.7. The number of carbonyl (C=O) groups excluding carboxylic acids is 2. The second-order valence-corrected chi connectivity index (χ2v) is 8.48. The van der Waals surface area contributed by atoms with Crippen molar-refractivity contribution in [2.75, 3.05) is 0 Å². The molecule has 0 aliphatic carbocycles. The molecule has 1 rings (SSSR count). The summed E-state index contributed by atoms with van der Waals surface area (Å²) in [6, 6.07) is 0. The number of hydrogen-bond donors (Lipinski definition) is 0. The maximum atomic E-state index is 12.9. The van der Waals surface area contributed by atoms with E-state index in [0.29, 0.717) is 12.0 Å². The molecule has 0 radical (unpaired) electrons. The molecule has 0 aromatic heterocycles. The lowest BCUT2D eigenvalue weighted by atomic mass is 9.91. The number of ether oxygens (including phenoxy) is 3. The minimum atomic E-state index is -0.837. The van der Waals surface area contributed by atoms with Crippen molar-refractivity contribution in [2.45, 2.75) is 86.9 Å². The molecule has 0 aliphatic rings. The van der Waals surface area contributed by atoms with Crippen LogP contribution in [0.4, 0.5) is 4.79 Å². The number of carbonyl (C=O) groups is 2. The summed E-state index contributed by atoms with van der Waals surface area (Å²) in [5, 5.41) is 0. The average molecular weight is 364 g/mol. The number of esters is 1. The Morgan fingerprint density at radius 3 is 1.73 bits per heavy atom. The molecule has 0 aliphatic heterocycles. The summed E-state index contributed by atoms with van der Waals surface area (Å²) in [4.78, 5) is 25.1. The SMILES string of the molecule is CCc1c(C)c(C)c(C)c(OC(=O)OC(C)(C)C)c1C(=O)OC(C)(C)C. The van der Waals surface area contributed by atoms with Gasteiger partial charge in [-0.1, -0.05) is 6.92 Å². The number of benzene rings is 1. The molecule has 0 saturated carbocycles. The molecular formula is C21H32O5. The van der Waals surface area contributed by atoms with E-state index in [-0.39, 0.29) is 5.75 Å². The molecule has 26 heavy (non-hydrogen) atoms. The molecule has 0 heterocycles. The van der Waals surface area contributed by atoms with Crippen molar-refractivity contribution < 1.29 is 23.8 Å². The van der Waals surface area contributed by atoms with Gasteiger partial charge in [-0.2, -0.15) is 0 Å². The van der Waals surface area contributed by atoms with E-state index in [4.69, 9.17) is 14.2 Å². The van der Waals surface area contributed by atoms with E-state index in [1.165, 1.54) is 0 Å². The summed E-state index contributed by atoms with van der Waals surface area (Å²) in [7, 11) is 0. The first-order valence-corrected chi connectivity index (χ1v) is 8.94. The Bertz CT molecular complexity index is 703. The normalized spacial score (nSPS) is 11.9. The van der Waals surface area contributed by atoms with Crippen molar-refractivity contribution >= 4 is 12.1 Å². The van der Waals surface area contributed by atoms with Crippen LogP contribution in [0.1, 0.15) is 81.1 Å². The topological polar surface area (TPSA) is 61.8 Å². The van der Waals surface area contributed by atoms with Gasteiger partial charge in [0.15, 0.2) is 5.75 Å². The Balaban J connectivity index is 3.53. The van der Waals surface area contributed by atoms with E-state index in [2.05, 4.69) is 0 Å². The third-order valence-electron chi connectivity index (χ3n) is 3.98. The van der Waals surface area contributed by atoms with Crippen molar-refractivity contribution in [3.63, 3.8) is 0 Å². The molecular weight excluding hydrogens is 332 g/mol. The van der Waals surface area contributed by atoms with Crippen LogP contribution in [0.3, 0.4) is 0 Å². The zero-order valence-electron chi connectivity index (χ0n) is 17.7. The Morgan fingerprint density at radius 1 is 0.808 bits per heavy atom. The van der Waals surface area contributed by atoms with Gasteiger partial charge in [0.1, 0.15) is 16.8 Å². The Hall–Kier alpha value is -2.04. The highest BCUT2D eigenvalue weighted by Crippen LogP contribution is 2.35. The Labute approximate surface area is 157 Å². The summed E-state index contributed by atoms with van der Waals surface area (Å²) in [6.45, 7) is 18.4. The summed E-state index contributed by atoms with van der Waals surface area (Å²) >= 11 is 0. The van der Waals surface area contributed by atoms with Gasteiger partial charge in [0.2, 0.25) is 0 Å². The van der Waals surface area contributed by atoms with Gasteiger partial charge in [0, 0.05) is 0 Å². The fourth-order valence-electron chi connectivity index (χ4n) is 2.66. The lowest BCUT2D eigenvalue weighted by molar-refractivity contribution is 0.00592. The molecule has 1 aromatic rings. The first kappa shape index (κ1) is 22.0. The van der Waals surface area contributed by atoms with Crippen LogP contribution >= 0.6 is 0 Å². The Morgan fingerprint density at radius 2 is 1.31 bits per heavy atom. The molecule has 0 N–H and O–H groups in total. The van der Waals surface area contributed by atoms with Gasteiger partial charge >= 0.3 is 12.1 Å². The van der Waals surface area contributed by atoms with Gasteiger partial charge in [0.05, 0.1) is 0 Å². The van der Waals surface area contributed by atoms with E-state index < -0.39 is 23.3 Å². The zero-order chi connectivity index (χ0) is 20.4. The quantitative estimate of drug-likeness (QED) is 0.527. The fourth-order valence-corrected chi connectivity index (χ4v) is 2.66. The monoisotopic (exact) mass is 364 g/mol. The summed E-state index contributed by atoms with van der Waals surface area (Å²) in [5.74, 6) is -0.285. The molecule has 0 bridgehead atoms. The first-order valence-electron chi connectivity index (χ1n) is 8.94. The average Bonchev–Trinajstić information content (AvgIpc) is 2.43. The second-order valence-electron chi connectivity index (χ2n) is 8.48. The minimum Gasteiger partial charge on any atom is -0.456 e. The van der Waals surface area contributed by atoms with E-state index in [1.807, 2.05) is 27.7 Å². The van der Waals surface area contributed by atoms with Crippen LogP contribution in [0, 0.1) is 20.8 Å². The van der Waals surface area contributed by atoms with Gasteiger partial charge in [-0.25, -0.2) is 9.59 Å². The molecule has 0 saturated heterocycles. The van der Waals surface area contributed by atoms with Crippen molar-refractivity contribution in [1.29, 1.82) is 0 Å². The fraction of sp³-hybridized carbons (Fsp3) is 0.619. The lowest BCUT2D eigenvalue weighted by Gasteiger charge is -2.25. The Kier molecular flexibility index (Phi) is 6.50. The van der Waals surface area contributed by atoms with Crippen LogP contribution < -0.4 is 4.74 Å². The lowest BCUT2D eigenvalue weighted by Crippen LogP contribution is -2.28. The minimum absolute atomic E-state index is 0.216. The second kappa shape index (κ2) is 7.68. The summed E-state index contributed by atoms with van der Waals surface area (Å²) in [5.41, 5.74) is 2.49. The molecule has 0 amide bonds. The van der Waals surface area contributed by atoms with Gasteiger partial charge in [-0.05, 0) is 91.0 Å². The molecule has 1 aromatic carbocycles. The number of hydrogen-bond acceptors (Lipinski definition) is 5. The van der Waals surface area contributed by atoms with Crippen molar-refractivity contribution in [3.05, 3.63) is 27.8 Å². The largest absolute Gasteiger partial charge is 0.514 e. The highest BCUT2D eigenvalue weighted by Gasteiger charge is 2.30. The summed E-state index contributed by atoms with van der Waals surface area (Å²) in [6.07, 6.45) is -0.220. The van der Waals surface area contributed by atoms with Crippen LogP contribution in [-0.4, -0.2) is 23.3 Å². The van der Waals surface area contributed by atoms with Crippen molar-refractivity contribution in [1.82, 2.24) is 0 Å². The standard InChI is InChI=1S/C21H32O5/c1-11-15-13(3)12(2)14(4)17(24-19(23)26-21(8,9)10)16(15)18(22)25-20(5,6)7/h11H2,1-10H3. The van der Waals surface area contributed by atoms with Crippen LogP contribution in [0.2, 0.25) is 0 Å². The van der Waals surface area contributed by atoms with Gasteiger partial charge < -0.3 is 14.2 Å². The van der Waals surface area contributed by atoms with E-state index >= 15 is 0 Å². The highest BCUT2D eigenvalue weighted by molar-refractivity contribution is 5.96. The molecule has 0 fully saturated rings.